The second kappa shape index (κ2) is 6.15. The lowest BCUT2D eigenvalue weighted by atomic mass is 10.1. The first-order valence-corrected chi connectivity index (χ1v) is 6.14. The predicted octanol–water partition coefficient (Wildman–Crippen LogP) is 1.17. The first kappa shape index (κ1) is 13.3. The quantitative estimate of drug-likeness (QED) is 0.844. The zero-order chi connectivity index (χ0) is 13.7. The van der Waals surface area contributed by atoms with Crippen LogP contribution in [0, 0.1) is 6.92 Å². The van der Waals surface area contributed by atoms with Gasteiger partial charge in [0.2, 0.25) is 5.91 Å². The SMILES string of the molecule is Cc1cc(CNC(=O)[C@@H](N)Cc2ccccc2)no1. The van der Waals surface area contributed by atoms with Gasteiger partial charge in [0.15, 0.2) is 0 Å². The van der Waals surface area contributed by atoms with Gasteiger partial charge < -0.3 is 15.6 Å². The van der Waals surface area contributed by atoms with Crippen molar-refractivity contribution in [3.05, 3.63) is 53.4 Å². The molecule has 0 saturated heterocycles. The van der Waals surface area contributed by atoms with E-state index in [2.05, 4.69) is 10.5 Å². The second-order valence-electron chi connectivity index (χ2n) is 4.44. The standard InChI is InChI=1S/C14H17N3O2/c1-10-7-12(17-19-10)9-16-14(18)13(15)8-11-5-3-2-4-6-11/h2-7,13H,8-9,15H2,1H3,(H,16,18)/t13-/m0/s1. The van der Waals surface area contributed by atoms with Crippen LogP contribution in [-0.4, -0.2) is 17.1 Å². The van der Waals surface area contributed by atoms with Crippen molar-refractivity contribution in [2.75, 3.05) is 0 Å². The molecule has 5 heteroatoms. The summed E-state index contributed by atoms with van der Waals surface area (Å²) in [6.07, 6.45) is 0.518. The predicted molar refractivity (Wildman–Crippen MR) is 71.2 cm³/mol. The maximum Gasteiger partial charge on any atom is 0.237 e. The van der Waals surface area contributed by atoms with E-state index in [1.807, 2.05) is 30.3 Å². The number of nitrogens with two attached hydrogens (primary N) is 1. The fraction of sp³-hybridized carbons (Fsp3) is 0.286. The summed E-state index contributed by atoms with van der Waals surface area (Å²) in [5.41, 5.74) is 7.60. The number of benzene rings is 1. The van der Waals surface area contributed by atoms with Gasteiger partial charge in [-0.3, -0.25) is 4.79 Å². The molecule has 1 amide bonds. The van der Waals surface area contributed by atoms with Crippen LogP contribution < -0.4 is 11.1 Å². The highest BCUT2D eigenvalue weighted by atomic mass is 16.5. The molecule has 19 heavy (non-hydrogen) atoms. The molecule has 0 aliphatic rings. The zero-order valence-corrected chi connectivity index (χ0v) is 10.8. The molecule has 2 rings (SSSR count). The minimum atomic E-state index is -0.560. The molecule has 0 unspecified atom stereocenters. The molecule has 0 fully saturated rings. The lowest BCUT2D eigenvalue weighted by Crippen LogP contribution is -2.41. The van der Waals surface area contributed by atoms with Crippen LogP contribution in [0.15, 0.2) is 40.9 Å². The summed E-state index contributed by atoms with van der Waals surface area (Å²) >= 11 is 0. The molecule has 1 heterocycles. The van der Waals surface area contributed by atoms with Crippen LogP contribution in [-0.2, 0) is 17.8 Å². The van der Waals surface area contributed by atoms with Crippen LogP contribution in [0.4, 0.5) is 0 Å². The lowest BCUT2D eigenvalue weighted by molar-refractivity contribution is -0.122. The van der Waals surface area contributed by atoms with Gasteiger partial charge in [-0.1, -0.05) is 35.5 Å². The number of hydrogen-bond acceptors (Lipinski definition) is 4. The molecule has 1 atom stereocenters. The Bertz CT molecular complexity index is 537. The van der Waals surface area contributed by atoms with Crippen LogP contribution in [0.5, 0.6) is 0 Å². The molecule has 2 aromatic rings. The van der Waals surface area contributed by atoms with Crippen LogP contribution in [0.1, 0.15) is 17.0 Å². The summed E-state index contributed by atoms with van der Waals surface area (Å²) in [6.45, 7) is 2.14. The van der Waals surface area contributed by atoms with Gasteiger partial charge in [0.25, 0.3) is 0 Å². The largest absolute Gasteiger partial charge is 0.361 e. The molecule has 3 N–H and O–H groups in total. The van der Waals surface area contributed by atoms with E-state index in [4.69, 9.17) is 10.3 Å². The normalized spacial score (nSPS) is 12.1. The number of carbonyl (C=O) groups is 1. The van der Waals surface area contributed by atoms with Crippen LogP contribution in [0.25, 0.3) is 0 Å². The highest BCUT2D eigenvalue weighted by Gasteiger charge is 2.14. The topological polar surface area (TPSA) is 81.2 Å². The van der Waals surface area contributed by atoms with E-state index in [-0.39, 0.29) is 5.91 Å². The number of carbonyl (C=O) groups excluding carboxylic acids is 1. The Hall–Kier alpha value is -2.14. The maximum absolute atomic E-state index is 11.8. The average Bonchev–Trinajstić information content (AvgIpc) is 2.83. The minimum Gasteiger partial charge on any atom is -0.361 e. The number of hydrogen-bond donors (Lipinski definition) is 2. The molecular formula is C14H17N3O2. The number of nitrogens with one attached hydrogen (secondary N) is 1. The van der Waals surface area contributed by atoms with Crippen molar-refractivity contribution >= 4 is 5.91 Å². The van der Waals surface area contributed by atoms with Gasteiger partial charge in [-0.15, -0.1) is 0 Å². The maximum atomic E-state index is 11.8. The third-order valence-corrected chi connectivity index (χ3v) is 2.76. The van der Waals surface area contributed by atoms with Crippen molar-refractivity contribution < 1.29 is 9.32 Å². The molecule has 0 aliphatic carbocycles. The molecule has 0 bridgehead atoms. The van der Waals surface area contributed by atoms with Crippen molar-refractivity contribution in [3.63, 3.8) is 0 Å². The number of aromatic nitrogens is 1. The van der Waals surface area contributed by atoms with Gasteiger partial charge in [0, 0.05) is 6.07 Å². The van der Waals surface area contributed by atoms with Gasteiger partial charge in [-0.2, -0.15) is 0 Å². The summed E-state index contributed by atoms with van der Waals surface area (Å²) in [4.78, 5) is 11.8. The Kier molecular flexibility index (Phi) is 4.30. The number of nitrogens with zero attached hydrogens (tertiary/aromatic N) is 1. The van der Waals surface area contributed by atoms with Crippen LogP contribution in [0.3, 0.4) is 0 Å². The third kappa shape index (κ3) is 3.93. The molecule has 5 nitrogen and oxygen atoms in total. The fourth-order valence-corrected chi connectivity index (χ4v) is 1.77. The van der Waals surface area contributed by atoms with Crippen molar-refractivity contribution in [3.8, 4) is 0 Å². The third-order valence-electron chi connectivity index (χ3n) is 2.76. The smallest absolute Gasteiger partial charge is 0.237 e. The average molecular weight is 259 g/mol. The number of aryl methyl sites for hydroxylation is 1. The molecule has 1 aromatic carbocycles. The van der Waals surface area contributed by atoms with E-state index in [9.17, 15) is 4.79 Å². The van der Waals surface area contributed by atoms with Crippen LogP contribution >= 0.6 is 0 Å². The molecule has 0 spiro atoms. The van der Waals surface area contributed by atoms with E-state index in [0.29, 0.717) is 18.7 Å². The first-order valence-electron chi connectivity index (χ1n) is 6.14. The summed E-state index contributed by atoms with van der Waals surface area (Å²) < 4.78 is 4.92. The molecule has 1 aromatic heterocycles. The Labute approximate surface area is 111 Å². The van der Waals surface area contributed by atoms with E-state index >= 15 is 0 Å². The minimum absolute atomic E-state index is 0.190. The van der Waals surface area contributed by atoms with Gasteiger partial charge in [-0.25, -0.2) is 0 Å². The monoisotopic (exact) mass is 259 g/mol. The summed E-state index contributed by atoms with van der Waals surface area (Å²) in [5.74, 6) is 0.530. The lowest BCUT2D eigenvalue weighted by Gasteiger charge is -2.11. The molecule has 0 aliphatic heterocycles. The number of amides is 1. The molecular weight excluding hydrogens is 242 g/mol. The van der Waals surface area contributed by atoms with Gasteiger partial charge in [0.1, 0.15) is 11.5 Å². The van der Waals surface area contributed by atoms with Crippen molar-refractivity contribution in [2.24, 2.45) is 5.73 Å². The molecule has 0 radical (unpaired) electrons. The van der Waals surface area contributed by atoms with Gasteiger partial charge in [0.05, 0.1) is 12.6 Å². The zero-order valence-electron chi connectivity index (χ0n) is 10.8. The Morgan fingerprint density at radius 3 is 2.79 bits per heavy atom. The molecule has 100 valence electrons. The Morgan fingerprint density at radius 1 is 1.42 bits per heavy atom. The summed E-state index contributed by atoms with van der Waals surface area (Å²) in [5, 5.41) is 6.55. The second-order valence-corrected chi connectivity index (χ2v) is 4.44. The van der Waals surface area contributed by atoms with E-state index in [0.717, 1.165) is 11.3 Å². The Morgan fingerprint density at radius 2 is 2.16 bits per heavy atom. The van der Waals surface area contributed by atoms with Crippen molar-refractivity contribution in [1.29, 1.82) is 0 Å². The van der Waals surface area contributed by atoms with Crippen molar-refractivity contribution in [1.82, 2.24) is 10.5 Å². The van der Waals surface area contributed by atoms with E-state index in [1.54, 1.807) is 13.0 Å². The highest BCUT2D eigenvalue weighted by molar-refractivity contribution is 5.81. The first-order chi connectivity index (χ1) is 9.15. The molecule has 0 saturated carbocycles. The highest BCUT2D eigenvalue weighted by Crippen LogP contribution is 2.03. The van der Waals surface area contributed by atoms with Gasteiger partial charge in [-0.05, 0) is 18.9 Å². The van der Waals surface area contributed by atoms with E-state index in [1.165, 1.54) is 0 Å². The van der Waals surface area contributed by atoms with Gasteiger partial charge >= 0.3 is 0 Å². The Balaban J connectivity index is 1.82. The van der Waals surface area contributed by atoms with Crippen LogP contribution in [0.2, 0.25) is 0 Å². The number of rotatable bonds is 5. The summed E-state index contributed by atoms with van der Waals surface area (Å²) in [6, 6.07) is 10.9. The van der Waals surface area contributed by atoms with Crippen molar-refractivity contribution in [2.45, 2.75) is 25.9 Å². The van der Waals surface area contributed by atoms with E-state index < -0.39 is 6.04 Å². The fourth-order valence-electron chi connectivity index (χ4n) is 1.77. The summed E-state index contributed by atoms with van der Waals surface area (Å²) in [7, 11) is 0.